The number of carbonyl (C=O) groups is 2. The molecule has 0 saturated carbocycles. The topological polar surface area (TPSA) is 76.1 Å². The van der Waals surface area contributed by atoms with Gasteiger partial charge in [0.1, 0.15) is 18.2 Å². The average Bonchev–Trinajstić information content (AvgIpc) is 2.86. The number of ether oxygens (including phenoxy) is 2. The van der Waals surface area contributed by atoms with Gasteiger partial charge in [-0.3, -0.25) is 4.90 Å². The molecule has 2 atom stereocenters. The molecule has 23 heavy (non-hydrogen) atoms. The minimum Gasteiger partial charge on any atom is -0.459 e. The van der Waals surface area contributed by atoms with Gasteiger partial charge in [-0.2, -0.15) is 0 Å². The van der Waals surface area contributed by atoms with Crippen LogP contribution in [-0.2, 0) is 20.9 Å². The van der Waals surface area contributed by atoms with E-state index in [4.69, 9.17) is 9.47 Å². The number of hydrogen-bond acceptors (Lipinski definition) is 5. The minimum atomic E-state index is -0.816. The lowest BCUT2D eigenvalue weighted by Gasteiger charge is -2.27. The van der Waals surface area contributed by atoms with Gasteiger partial charge in [-0.05, 0) is 26.3 Å². The zero-order valence-electron chi connectivity index (χ0n) is 13.7. The van der Waals surface area contributed by atoms with Gasteiger partial charge in [0.15, 0.2) is 0 Å². The lowest BCUT2D eigenvalue weighted by Crippen LogP contribution is -2.44. The first kappa shape index (κ1) is 17.3. The van der Waals surface area contributed by atoms with E-state index in [1.165, 1.54) is 4.90 Å². The lowest BCUT2D eigenvalue weighted by atomic mass is 10.2. The number of nitrogens with zero attached hydrogens (tertiary/aromatic N) is 1. The summed E-state index contributed by atoms with van der Waals surface area (Å²) < 4.78 is 10.6. The Morgan fingerprint density at radius 2 is 1.91 bits per heavy atom. The van der Waals surface area contributed by atoms with Crippen molar-refractivity contribution in [2.45, 2.75) is 51.5 Å². The van der Waals surface area contributed by atoms with Crippen LogP contribution in [0.3, 0.4) is 0 Å². The molecule has 1 saturated heterocycles. The fraction of sp³-hybridized carbons (Fsp3) is 0.529. The van der Waals surface area contributed by atoms with Crippen molar-refractivity contribution in [2.75, 3.05) is 6.54 Å². The van der Waals surface area contributed by atoms with Crippen LogP contribution in [0.4, 0.5) is 4.79 Å². The standard InChI is InChI=1S/C17H23NO5/c1-17(2,3)23-16(21)18-10-13(19)9-14(18)15(20)22-11-12-7-5-4-6-8-12/h4-8,13-14,19H,9-11H2,1-3H3/t13?,14-/m0/s1. The van der Waals surface area contributed by atoms with Gasteiger partial charge in [0.2, 0.25) is 0 Å². The van der Waals surface area contributed by atoms with Crippen molar-refractivity contribution >= 4 is 12.1 Å². The molecule has 1 aromatic rings. The zero-order valence-corrected chi connectivity index (χ0v) is 13.7. The van der Waals surface area contributed by atoms with Gasteiger partial charge in [0, 0.05) is 6.42 Å². The normalized spacial score (nSPS) is 21.1. The predicted octanol–water partition coefficient (Wildman–Crippen LogP) is 2.10. The number of β-amino-alcohol motifs (C(OH)–C–C–N with tert-alkyl or cyclic N) is 1. The van der Waals surface area contributed by atoms with E-state index in [0.29, 0.717) is 0 Å². The molecular formula is C17H23NO5. The number of likely N-dealkylation sites (tertiary alicyclic amines) is 1. The smallest absolute Gasteiger partial charge is 0.411 e. The van der Waals surface area contributed by atoms with Crippen molar-refractivity contribution in [3.63, 3.8) is 0 Å². The molecule has 6 nitrogen and oxygen atoms in total. The molecule has 1 N–H and O–H groups in total. The van der Waals surface area contributed by atoms with E-state index in [2.05, 4.69) is 0 Å². The number of hydrogen-bond donors (Lipinski definition) is 1. The second-order valence-electron chi connectivity index (χ2n) is 6.63. The summed E-state index contributed by atoms with van der Waals surface area (Å²) >= 11 is 0. The third kappa shape index (κ3) is 4.96. The van der Waals surface area contributed by atoms with Crippen LogP contribution in [0, 0.1) is 0 Å². The van der Waals surface area contributed by atoms with E-state index in [1.54, 1.807) is 20.8 Å². The van der Waals surface area contributed by atoms with Crippen molar-refractivity contribution in [3.8, 4) is 0 Å². The van der Waals surface area contributed by atoms with Crippen LogP contribution in [0.2, 0.25) is 0 Å². The Hall–Kier alpha value is -2.08. The first-order valence-electron chi connectivity index (χ1n) is 7.64. The monoisotopic (exact) mass is 321 g/mol. The molecule has 1 unspecified atom stereocenters. The van der Waals surface area contributed by atoms with Crippen molar-refractivity contribution < 1.29 is 24.2 Å². The first-order valence-corrected chi connectivity index (χ1v) is 7.64. The maximum atomic E-state index is 12.3. The van der Waals surface area contributed by atoms with Gasteiger partial charge >= 0.3 is 12.1 Å². The average molecular weight is 321 g/mol. The van der Waals surface area contributed by atoms with E-state index < -0.39 is 29.8 Å². The summed E-state index contributed by atoms with van der Waals surface area (Å²) in [6.45, 7) is 5.45. The number of rotatable bonds is 3. The first-order chi connectivity index (χ1) is 10.8. The van der Waals surface area contributed by atoms with Crippen LogP contribution in [0.15, 0.2) is 30.3 Å². The van der Waals surface area contributed by atoms with Crippen LogP contribution >= 0.6 is 0 Å². The SMILES string of the molecule is CC(C)(C)OC(=O)N1CC(O)C[C@H]1C(=O)OCc1ccccc1. The highest BCUT2D eigenvalue weighted by Crippen LogP contribution is 2.22. The summed E-state index contributed by atoms with van der Waals surface area (Å²) in [6, 6.07) is 8.47. The van der Waals surface area contributed by atoms with Crippen LogP contribution in [0.1, 0.15) is 32.8 Å². The van der Waals surface area contributed by atoms with Crippen LogP contribution < -0.4 is 0 Å². The van der Waals surface area contributed by atoms with Crippen molar-refractivity contribution in [1.82, 2.24) is 4.90 Å². The van der Waals surface area contributed by atoms with E-state index in [9.17, 15) is 14.7 Å². The van der Waals surface area contributed by atoms with Gasteiger partial charge < -0.3 is 14.6 Å². The molecule has 1 aromatic carbocycles. The van der Waals surface area contributed by atoms with Crippen molar-refractivity contribution in [3.05, 3.63) is 35.9 Å². The molecule has 6 heteroatoms. The van der Waals surface area contributed by atoms with Gasteiger partial charge in [0.05, 0.1) is 12.6 Å². The Labute approximate surface area is 136 Å². The molecule has 0 spiro atoms. The Kier molecular flexibility index (Phi) is 5.26. The fourth-order valence-corrected chi connectivity index (χ4v) is 2.38. The summed E-state index contributed by atoms with van der Waals surface area (Å²) in [4.78, 5) is 25.7. The highest BCUT2D eigenvalue weighted by atomic mass is 16.6. The summed E-state index contributed by atoms with van der Waals surface area (Å²) in [5, 5.41) is 9.79. The maximum absolute atomic E-state index is 12.3. The molecule has 1 amide bonds. The number of esters is 1. The molecule has 1 heterocycles. The molecule has 0 aliphatic carbocycles. The van der Waals surface area contributed by atoms with E-state index in [0.717, 1.165) is 5.56 Å². The van der Waals surface area contributed by atoms with Crippen molar-refractivity contribution in [1.29, 1.82) is 0 Å². The summed E-state index contributed by atoms with van der Waals surface area (Å²) in [6.07, 6.45) is -1.21. The quantitative estimate of drug-likeness (QED) is 0.863. The molecule has 1 fully saturated rings. The molecule has 0 aromatic heterocycles. The lowest BCUT2D eigenvalue weighted by molar-refractivity contribution is -0.150. The zero-order chi connectivity index (χ0) is 17.0. The Morgan fingerprint density at radius 3 is 2.52 bits per heavy atom. The van der Waals surface area contributed by atoms with Crippen LogP contribution in [0.5, 0.6) is 0 Å². The van der Waals surface area contributed by atoms with E-state index >= 15 is 0 Å². The molecule has 126 valence electrons. The molecule has 0 bridgehead atoms. The second kappa shape index (κ2) is 7.00. The molecule has 1 aliphatic rings. The fourth-order valence-electron chi connectivity index (χ4n) is 2.38. The Bertz CT molecular complexity index is 552. The number of amides is 1. The highest BCUT2D eigenvalue weighted by molar-refractivity contribution is 5.82. The molecule has 2 rings (SSSR count). The minimum absolute atomic E-state index is 0.0695. The van der Waals surface area contributed by atoms with Gasteiger partial charge in [0.25, 0.3) is 0 Å². The number of aliphatic hydroxyl groups excluding tert-OH is 1. The van der Waals surface area contributed by atoms with Crippen molar-refractivity contribution in [2.24, 2.45) is 0 Å². The van der Waals surface area contributed by atoms with E-state index in [-0.39, 0.29) is 19.6 Å². The predicted molar refractivity (Wildman–Crippen MR) is 83.6 cm³/mol. The third-order valence-corrected chi connectivity index (χ3v) is 3.40. The summed E-state index contributed by atoms with van der Waals surface area (Å²) in [7, 11) is 0. The largest absolute Gasteiger partial charge is 0.459 e. The molecule has 0 radical (unpaired) electrons. The Balaban J connectivity index is 1.98. The number of benzene rings is 1. The van der Waals surface area contributed by atoms with Gasteiger partial charge in [-0.15, -0.1) is 0 Å². The highest BCUT2D eigenvalue weighted by Gasteiger charge is 2.41. The summed E-state index contributed by atoms with van der Waals surface area (Å²) in [5.41, 5.74) is 0.201. The maximum Gasteiger partial charge on any atom is 0.411 e. The number of aliphatic hydroxyl groups is 1. The summed E-state index contributed by atoms with van der Waals surface area (Å²) in [5.74, 6) is -0.531. The molecule has 1 aliphatic heterocycles. The second-order valence-corrected chi connectivity index (χ2v) is 6.63. The molecular weight excluding hydrogens is 298 g/mol. The van der Waals surface area contributed by atoms with Crippen LogP contribution in [-0.4, -0.2) is 46.4 Å². The van der Waals surface area contributed by atoms with Crippen LogP contribution in [0.25, 0.3) is 0 Å². The third-order valence-electron chi connectivity index (χ3n) is 3.40. The van der Waals surface area contributed by atoms with Gasteiger partial charge in [-0.25, -0.2) is 9.59 Å². The van der Waals surface area contributed by atoms with Gasteiger partial charge in [-0.1, -0.05) is 30.3 Å². The van der Waals surface area contributed by atoms with E-state index in [1.807, 2.05) is 30.3 Å². The number of carbonyl (C=O) groups excluding carboxylic acids is 2. The Morgan fingerprint density at radius 1 is 1.26 bits per heavy atom.